The van der Waals surface area contributed by atoms with Gasteiger partial charge in [-0.3, -0.25) is 4.79 Å². The molecule has 0 radical (unpaired) electrons. The second kappa shape index (κ2) is 10.6. The fraction of sp³-hybridized carbons (Fsp3) is 0.156. The van der Waals surface area contributed by atoms with Crippen LogP contribution in [0.4, 0.5) is 4.39 Å². The average Bonchev–Trinajstić information content (AvgIpc) is 3.44. The van der Waals surface area contributed by atoms with Crippen molar-refractivity contribution in [2.75, 3.05) is 6.54 Å². The van der Waals surface area contributed by atoms with E-state index in [-0.39, 0.29) is 29.1 Å². The molecule has 8 heteroatoms. The molecule has 0 saturated heterocycles. The standard InChI is InChI=1S/C32H27FN2O3S2/c33-24-13-10-23(11-14-24)32-26-17-19-39-28(26)16-18-35(32)30(36)20-27(21-6-2-1-3-7-21)31-25-9-5-4-8-22(25)12-15-29(31)40(34,37)38/h1-15,17,19,27,32H,16,18,20H2,(H2,34,37,38)/t27?,32-/m1/s1. The number of nitrogens with two attached hydrogens (primary N) is 1. The maximum absolute atomic E-state index is 14.3. The Hall–Kier alpha value is -3.85. The van der Waals surface area contributed by atoms with Crippen LogP contribution in [0, 0.1) is 5.82 Å². The topological polar surface area (TPSA) is 80.5 Å². The van der Waals surface area contributed by atoms with E-state index in [9.17, 15) is 17.6 Å². The third kappa shape index (κ3) is 4.94. The van der Waals surface area contributed by atoms with Gasteiger partial charge in [0.05, 0.1) is 10.9 Å². The van der Waals surface area contributed by atoms with Gasteiger partial charge in [-0.25, -0.2) is 17.9 Å². The van der Waals surface area contributed by atoms with Crippen molar-refractivity contribution in [1.82, 2.24) is 4.90 Å². The number of hydrogen-bond donors (Lipinski definition) is 1. The highest BCUT2D eigenvalue weighted by Gasteiger charge is 2.35. The molecule has 2 N–H and O–H groups in total. The minimum Gasteiger partial charge on any atom is -0.331 e. The molecule has 0 spiro atoms. The molecule has 6 rings (SSSR count). The Morgan fingerprint density at radius 3 is 2.42 bits per heavy atom. The van der Waals surface area contributed by atoms with Crippen LogP contribution in [-0.2, 0) is 21.2 Å². The summed E-state index contributed by atoms with van der Waals surface area (Å²) in [5.74, 6) is -1.02. The van der Waals surface area contributed by atoms with E-state index >= 15 is 0 Å². The molecule has 0 saturated carbocycles. The maximum Gasteiger partial charge on any atom is 0.238 e. The molecule has 1 aliphatic rings. The van der Waals surface area contributed by atoms with Gasteiger partial charge in [0.15, 0.2) is 0 Å². The van der Waals surface area contributed by atoms with Gasteiger partial charge in [0.2, 0.25) is 15.9 Å². The van der Waals surface area contributed by atoms with E-state index in [1.54, 1.807) is 29.5 Å². The zero-order valence-electron chi connectivity index (χ0n) is 21.5. The van der Waals surface area contributed by atoms with Gasteiger partial charge in [-0.15, -0.1) is 11.3 Å². The number of sulfonamides is 1. The molecule has 4 aromatic carbocycles. The van der Waals surface area contributed by atoms with Crippen LogP contribution in [0.2, 0.25) is 0 Å². The Labute approximate surface area is 236 Å². The lowest BCUT2D eigenvalue weighted by molar-refractivity contribution is -0.133. The molecular formula is C32H27FN2O3S2. The summed E-state index contributed by atoms with van der Waals surface area (Å²) in [7, 11) is -4.09. The molecule has 1 aromatic heterocycles. The molecule has 5 nitrogen and oxygen atoms in total. The summed E-state index contributed by atoms with van der Waals surface area (Å²) in [4.78, 5) is 17.4. The van der Waals surface area contributed by atoms with Crippen molar-refractivity contribution < 1.29 is 17.6 Å². The van der Waals surface area contributed by atoms with Crippen molar-refractivity contribution in [2.45, 2.75) is 29.7 Å². The summed E-state index contributed by atoms with van der Waals surface area (Å²) in [5.41, 5.74) is 3.22. The highest BCUT2D eigenvalue weighted by atomic mass is 32.2. The molecule has 2 heterocycles. The van der Waals surface area contributed by atoms with Gasteiger partial charge >= 0.3 is 0 Å². The van der Waals surface area contributed by atoms with E-state index < -0.39 is 15.9 Å². The van der Waals surface area contributed by atoms with Crippen molar-refractivity contribution in [3.8, 4) is 0 Å². The van der Waals surface area contributed by atoms with Crippen LogP contribution in [0.25, 0.3) is 10.8 Å². The first-order chi connectivity index (χ1) is 19.3. The molecule has 1 amide bonds. The highest BCUT2D eigenvalue weighted by Crippen LogP contribution is 2.41. The van der Waals surface area contributed by atoms with E-state index in [2.05, 4.69) is 0 Å². The Balaban J connectivity index is 1.48. The van der Waals surface area contributed by atoms with Gasteiger partial charge in [-0.1, -0.05) is 72.8 Å². The quantitative estimate of drug-likeness (QED) is 0.257. The van der Waals surface area contributed by atoms with Crippen LogP contribution in [0.5, 0.6) is 0 Å². The Kier molecular flexibility index (Phi) is 7.00. The van der Waals surface area contributed by atoms with Gasteiger partial charge in [0.25, 0.3) is 0 Å². The number of carbonyl (C=O) groups is 1. The Morgan fingerprint density at radius 2 is 1.68 bits per heavy atom. The summed E-state index contributed by atoms with van der Waals surface area (Å²) in [6.07, 6.45) is 0.765. The predicted molar refractivity (Wildman–Crippen MR) is 156 cm³/mol. The van der Waals surface area contributed by atoms with Crippen molar-refractivity contribution in [1.29, 1.82) is 0 Å². The predicted octanol–water partition coefficient (Wildman–Crippen LogP) is 6.38. The number of rotatable bonds is 6. The van der Waals surface area contributed by atoms with Crippen molar-refractivity contribution in [3.05, 3.63) is 135 Å². The number of hydrogen-bond acceptors (Lipinski definition) is 4. The summed E-state index contributed by atoms with van der Waals surface area (Å²) in [6.45, 7) is 0.507. The number of thiophene rings is 1. The lowest BCUT2D eigenvalue weighted by atomic mass is 9.84. The maximum atomic E-state index is 14.3. The van der Waals surface area contributed by atoms with Gasteiger partial charge in [-0.2, -0.15) is 0 Å². The van der Waals surface area contributed by atoms with Crippen LogP contribution in [-0.4, -0.2) is 25.8 Å². The monoisotopic (exact) mass is 570 g/mol. The molecule has 0 aliphatic carbocycles. The van der Waals surface area contributed by atoms with Gasteiger partial charge < -0.3 is 4.90 Å². The zero-order valence-corrected chi connectivity index (χ0v) is 23.2. The molecule has 1 aliphatic heterocycles. The first-order valence-corrected chi connectivity index (χ1v) is 15.4. The van der Waals surface area contributed by atoms with Gasteiger partial charge in [0, 0.05) is 23.8 Å². The first kappa shape index (κ1) is 26.4. The SMILES string of the molecule is NS(=O)(=O)c1ccc2ccccc2c1C(CC(=O)N1CCc2sccc2[C@H]1c1ccc(F)cc1)c1ccccc1. The minimum absolute atomic E-state index is 0.0155. The van der Waals surface area contributed by atoms with Gasteiger partial charge in [0.1, 0.15) is 5.82 Å². The molecule has 202 valence electrons. The molecule has 40 heavy (non-hydrogen) atoms. The van der Waals surface area contributed by atoms with Crippen molar-refractivity contribution in [3.63, 3.8) is 0 Å². The fourth-order valence-electron chi connectivity index (χ4n) is 5.84. The zero-order chi connectivity index (χ0) is 27.9. The normalized spacial score (nSPS) is 16.1. The van der Waals surface area contributed by atoms with Crippen LogP contribution >= 0.6 is 11.3 Å². The molecule has 0 fully saturated rings. The number of primary sulfonamides is 1. The van der Waals surface area contributed by atoms with E-state index in [1.165, 1.54) is 23.1 Å². The number of fused-ring (bicyclic) bond motifs is 2. The fourth-order valence-corrected chi connectivity index (χ4v) is 7.56. The van der Waals surface area contributed by atoms with E-state index in [4.69, 9.17) is 5.14 Å². The summed E-state index contributed by atoms with van der Waals surface area (Å²) < 4.78 is 39.5. The molecular weight excluding hydrogens is 543 g/mol. The summed E-state index contributed by atoms with van der Waals surface area (Å²) in [6, 6.07) is 28.3. The smallest absolute Gasteiger partial charge is 0.238 e. The number of halogens is 1. The van der Waals surface area contributed by atoms with Crippen LogP contribution in [0.3, 0.4) is 0 Å². The second-order valence-corrected chi connectivity index (χ2v) is 12.5. The second-order valence-electron chi connectivity index (χ2n) is 10.0. The summed E-state index contributed by atoms with van der Waals surface area (Å²) in [5, 5.41) is 9.37. The van der Waals surface area contributed by atoms with Gasteiger partial charge in [-0.05, 0) is 69.1 Å². The van der Waals surface area contributed by atoms with E-state index in [0.717, 1.165) is 33.9 Å². The minimum atomic E-state index is -4.09. The van der Waals surface area contributed by atoms with Crippen LogP contribution in [0.15, 0.2) is 107 Å². The van der Waals surface area contributed by atoms with Crippen molar-refractivity contribution in [2.24, 2.45) is 5.14 Å². The summed E-state index contributed by atoms with van der Waals surface area (Å²) >= 11 is 1.66. The third-order valence-corrected chi connectivity index (χ3v) is 9.60. The van der Waals surface area contributed by atoms with Crippen LogP contribution < -0.4 is 5.14 Å². The molecule has 5 aromatic rings. The number of carbonyl (C=O) groups excluding carboxylic acids is 1. The Bertz CT molecular complexity index is 1800. The lowest BCUT2D eigenvalue weighted by Gasteiger charge is -2.37. The van der Waals surface area contributed by atoms with E-state index in [1.807, 2.05) is 70.9 Å². The highest BCUT2D eigenvalue weighted by molar-refractivity contribution is 7.89. The van der Waals surface area contributed by atoms with E-state index in [0.29, 0.717) is 12.1 Å². The third-order valence-electron chi connectivity index (χ3n) is 7.64. The number of nitrogens with zero attached hydrogens (tertiary/aromatic N) is 1. The first-order valence-electron chi connectivity index (χ1n) is 13.0. The number of benzene rings is 4. The Morgan fingerprint density at radius 1 is 0.950 bits per heavy atom. The molecule has 2 atom stereocenters. The average molecular weight is 571 g/mol. The van der Waals surface area contributed by atoms with Crippen LogP contribution in [0.1, 0.15) is 45.5 Å². The van der Waals surface area contributed by atoms with Crippen molar-refractivity contribution >= 4 is 38.0 Å². The lowest BCUT2D eigenvalue weighted by Crippen LogP contribution is -2.40. The largest absolute Gasteiger partial charge is 0.331 e. The molecule has 1 unspecified atom stereocenters. The number of amides is 1. The molecule has 0 bridgehead atoms.